The zero-order valence-corrected chi connectivity index (χ0v) is 14.3. The molecule has 1 fully saturated rings. The van der Waals surface area contributed by atoms with Gasteiger partial charge in [-0.15, -0.1) is 11.3 Å². The molecular formula is C17H19N5OS. The van der Waals surface area contributed by atoms with E-state index in [4.69, 9.17) is 0 Å². The molecule has 0 saturated carbocycles. The standard InChI is InChI=1S/C17H19N5OS/c1-21(12-5-7-18-8-6-12)17(23)13-11-24-16(20-13)14-10-19-15-4-2-3-9-22(14)15/h2-4,9-12,18H,5-8H2,1H3. The summed E-state index contributed by atoms with van der Waals surface area (Å²) in [7, 11) is 1.88. The molecule has 0 spiro atoms. The van der Waals surface area contributed by atoms with Crippen molar-refractivity contribution in [1.29, 1.82) is 0 Å². The summed E-state index contributed by atoms with van der Waals surface area (Å²) in [5.41, 5.74) is 2.31. The van der Waals surface area contributed by atoms with Crippen LogP contribution in [0.4, 0.5) is 0 Å². The van der Waals surface area contributed by atoms with E-state index in [2.05, 4.69) is 15.3 Å². The lowest BCUT2D eigenvalue weighted by molar-refractivity contribution is 0.0698. The number of piperidine rings is 1. The van der Waals surface area contributed by atoms with E-state index >= 15 is 0 Å². The fraction of sp³-hybridized carbons (Fsp3) is 0.353. The van der Waals surface area contributed by atoms with Gasteiger partial charge >= 0.3 is 0 Å². The van der Waals surface area contributed by atoms with Crippen molar-refractivity contribution in [3.05, 3.63) is 41.7 Å². The van der Waals surface area contributed by atoms with Gasteiger partial charge in [-0.1, -0.05) is 6.07 Å². The van der Waals surface area contributed by atoms with Gasteiger partial charge in [-0.2, -0.15) is 0 Å². The number of imidazole rings is 1. The first-order valence-electron chi connectivity index (χ1n) is 8.10. The van der Waals surface area contributed by atoms with Crippen LogP contribution in [0.5, 0.6) is 0 Å². The van der Waals surface area contributed by atoms with Crippen LogP contribution in [0.3, 0.4) is 0 Å². The maximum absolute atomic E-state index is 12.7. The van der Waals surface area contributed by atoms with E-state index in [1.807, 2.05) is 46.1 Å². The quantitative estimate of drug-likeness (QED) is 0.794. The Bertz CT molecular complexity index is 865. The Morgan fingerprint density at radius 2 is 2.21 bits per heavy atom. The smallest absolute Gasteiger partial charge is 0.273 e. The summed E-state index contributed by atoms with van der Waals surface area (Å²) in [6.45, 7) is 1.93. The number of fused-ring (bicyclic) bond motifs is 1. The number of nitrogens with one attached hydrogen (secondary N) is 1. The molecular weight excluding hydrogens is 322 g/mol. The molecule has 1 N–H and O–H groups in total. The monoisotopic (exact) mass is 341 g/mol. The Kier molecular flexibility index (Phi) is 4.03. The fourth-order valence-electron chi connectivity index (χ4n) is 3.12. The van der Waals surface area contributed by atoms with Crippen molar-refractivity contribution in [3.63, 3.8) is 0 Å². The first-order valence-corrected chi connectivity index (χ1v) is 8.98. The van der Waals surface area contributed by atoms with Crippen molar-refractivity contribution in [3.8, 4) is 10.7 Å². The minimum atomic E-state index is -0.00165. The summed E-state index contributed by atoms with van der Waals surface area (Å²) in [4.78, 5) is 23.5. The van der Waals surface area contributed by atoms with Crippen LogP contribution < -0.4 is 5.32 Å². The van der Waals surface area contributed by atoms with Crippen LogP contribution in [-0.2, 0) is 0 Å². The second kappa shape index (κ2) is 6.33. The molecule has 0 radical (unpaired) electrons. The molecule has 3 aromatic heterocycles. The van der Waals surface area contributed by atoms with E-state index in [0.29, 0.717) is 11.7 Å². The molecule has 0 aromatic carbocycles. The summed E-state index contributed by atoms with van der Waals surface area (Å²) in [6.07, 6.45) is 5.75. The molecule has 1 aliphatic heterocycles. The normalized spacial score (nSPS) is 15.7. The Balaban J connectivity index is 1.59. The van der Waals surface area contributed by atoms with Gasteiger partial charge in [0.15, 0.2) is 0 Å². The lowest BCUT2D eigenvalue weighted by Gasteiger charge is -2.31. The van der Waals surface area contributed by atoms with E-state index in [0.717, 1.165) is 42.3 Å². The predicted molar refractivity (Wildman–Crippen MR) is 94.3 cm³/mol. The molecule has 24 heavy (non-hydrogen) atoms. The van der Waals surface area contributed by atoms with E-state index in [1.165, 1.54) is 11.3 Å². The zero-order valence-electron chi connectivity index (χ0n) is 13.5. The first kappa shape index (κ1) is 15.3. The zero-order chi connectivity index (χ0) is 16.5. The summed E-state index contributed by atoms with van der Waals surface area (Å²) in [5, 5.41) is 5.99. The maximum atomic E-state index is 12.7. The van der Waals surface area contributed by atoms with Crippen LogP contribution in [0, 0.1) is 0 Å². The van der Waals surface area contributed by atoms with Gasteiger partial charge in [-0.05, 0) is 38.1 Å². The highest BCUT2D eigenvalue weighted by Gasteiger charge is 2.24. The topological polar surface area (TPSA) is 62.5 Å². The van der Waals surface area contributed by atoms with Crippen molar-refractivity contribution in [2.24, 2.45) is 0 Å². The van der Waals surface area contributed by atoms with Crippen LogP contribution in [0.15, 0.2) is 36.0 Å². The Labute approximate surface area is 144 Å². The van der Waals surface area contributed by atoms with Gasteiger partial charge in [0.05, 0.1) is 6.20 Å². The second-order valence-corrected chi connectivity index (χ2v) is 6.87. The number of hydrogen-bond donors (Lipinski definition) is 1. The highest BCUT2D eigenvalue weighted by atomic mass is 32.1. The van der Waals surface area contributed by atoms with Crippen molar-refractivity contribution < 1.29 is 4.79 Å². The number of nitrogens with zero attached hydrogens (tertiary/aromatic N) is 4. The molecule has 3 aromatic rings. The number of thiazole rings is 1. The third-order valence-electron chi connectivity index (χ3n) is 4.54. The SMILES string of the molecule is CN(C(=O)c1csc(-c2cnc3ccccn23)n1)C1CCNCC1. The summed E-state index contributed by atoms with van der Waals surface area (Å²) >= 11 is 1.48. The van der Waals surface area contributed by atoms with Gasteiger partial charge in [-0.3, -0.25) is 9.20 Å². The molecule has 6 nitrogen and oxygen atoms in total. The van der Waals surface area contributed by atoms with Crippen LogP contribution in [-0.4, -0.2) is 51.4 Å². The number of amides is 1. The van der Waals surface area contributed by atoms with Crippen LogP contribution in [0.2, 0.25) is 0 Å². The Hall–Kier alpha value is -2.25. The van der Waals surface area contributed by atoms with Gasteiger partial charge in [0.25, 0.3) is 5.91 Å². The molecule has 1 aliphatic rings. The van der Waals surface area contributed by atoms with Crippen molar-refractivity contribution >= 4 is 22.9 Å². The van der Waals surface area contributed by atoms with Gasteiger partial charge in [0.1, 0.15) is 22.0 Å². The molecule has 1 amide bonds. The molecule has 4 rings (SSSR count). The average molecular weight is 341 g/mol. The molecule has 124 valence electrons. The average Bonchev–Trinajstić information content (AvgIpc) is 3.28. The van der Waals surface area contributed by atoms with Crippen LogP contribution in [0.1, 0.15) is 23.3 Å². The Morgan fingerprint density at radius 1 is 1.38 bits per heavy atom. The van der Waals surface area contributed by atoms with E-state index in [-0.39, 0.29) is 5.91 Å². The lowest BCUT2D eigenvalue weighted by atomic mass is 10.1. The van der Waals surface area contributed by atoms with E-state index < -0.39 is 0 Å². The number of carbonyl (C=O) groups excluding carboxylic acids is 1. The maximum Gasteiger partial charge on any atom is 0.273 e. The third-order valence-corrected chi connectivity index (χ3v) is 5.40. The van der Waals surface area contributed by atoms with Crippen molar-refractivity contribution in [2.45, 2.75) is 18.9 Å². The Morgan fingerprint density at radius 3 is 3.04 bits per heavy atom. The highest BCUT2D eigenvalue weighted by molar-refractivity contribution is 7.13. The number of carbonyl (C=O) groups is 1. The molecule has 4 heterocycles. The molecule has 0 unspecified atom stereocenters. The molecule has 0 aliphatic carbocycles. The minimum Gasteiger partial charge on any atom is -0.337 e. The van der Waals surface area contributed by atoms with Crippen LogP contribution >= 0.6 is 11.3 Å². The molecule has 1 saturated heterocycles. The largest absolute Gasteiger partial charge is 0.337 e. The minimum absolute atomic E-state index is 0.00165. The first-order chi connectivity index (χ1) is 11.7. The van der Waals surface area contributed by atoms with Gasteiger partial charge < -0.3 is 10.2 Å². The lowest BCUT2D eigenvalue weighted by Crippen LogP contribution is -2.44. The fourth-order valence-corrected chi connectivity index (χ4v) is 3.92. The van der Waals surface area contributed by atoms with Gasteiger partial charge in [-0.25, -0.2) is 9.97 Å². The highest BCUT2D eigenvalue weighted by Crippen LogP contribution is 2.25. The summed E-state index contributed by atoms with van der Waals surface area (Å²) < 4.78 is 1.99. The number of hydrogen-bond acceptors (Lipinski definition) is 5. The second-order valence-electron chi connectivity index (χ2n) is 6.01. The number of aromatic nitrogens is 3. The third kappa shape index (κ3) is 2.70. The van der Waals surface area contributed by atoms with Crippen LogP contribution in [0.25, 0.3) is 16.3 Å². The summed E-state index contributed by atoms with van der Waals surface area (Å²) in [6, 6.07) is 6.16. The number of rotatable bonds is 3. The van der Waals surface area contributed by atoms with Crippen molar-refractivity contribution in [2.75, 3.05) is 20.1 Å². The summed E-state index contributed by atoms with van der Waals surface area (Å²) in [5.74, 6) is -0.00165. The van der Waals surface area contributed by atoms with Gasteiger partial charge in [0.2, 0.25) is 0 Å². The molecule has 7 heteroatoms. The van der Waals surface area contributed by atoms with Crippen molar-refractivity contribution in [1.82, 2.24) is 24.6 Å². The van der Waals surface area contributed by atoms with Gasteiger partial charge in [0, 0.05) is 24.7 Å². The van der Waals surface area contributed by atoms with E-state index in [1.54, 1.807) is 6.20 Å². The predicted octanol–water partition coefficient (Wildman–Crippen LogP) is 2.28. The molecule has 0 bridgehead atoms. The van der Waals surface area contributed by atoms with E-state index in [9.17, 15) is 4.79 Å². The number of pyridine rings is 1. The molecule has 0 atom stereocenters.